The van der Waals surface area contributed by atoms with Crippen LogP contribution in [0, 0.1) is 0 Å². The molecular formula is C22H23N3O3S. The summed E-state index contributed by atoms with van der Waals surface area (Å²) in [7, 11) is 0. The fourth-order valence-corrected chi connectivity index (χ4v) is 4.27. The van der Waals surface area contributed by atoms with Crippen molar-refractivity contribution >= 4 is 23.4 Å². The molecule has 0 atom stereocenters. The summed E-state index contributed by atoms with van der Waals surface area (Å²) in [4.78, 5) is 30.0. The highest BCUT2D eigenvalue weighted by atomic mass is 32.2. The van der Waals surface area contributed by atoms with Crippen molar-refractivity contribution in [3.8, 4) is 11.5 Å². The summed E-state index contributed by atoms with van der Waals surface area (Å²) in [5.74, 6) is 2.54. The van der Waals surface area contributed by atoms with E-state index in [0.29, 0.717) is 17.1 Å². The Hall–Kier alpha value is -2.77. The normalized spacial score (nSPS) is 14.6. The molecule has 0 bridgehead atoms. The predicted molar refractivity (Wildman–Crippen MR) is 117 cm³/mol. The second-order valence-electron chi connectivity index (χ2n) is 6.95. The van der Waals surface area contributed by atoms with Crippen LogP contribution in [0.5, 0.6) is 0 Å². The molecule has 1 aliphatic rings. The molecule has 6 nitrogen and oxygen atoms in total. The number of carbonyl (C=O) groups excluding carboxylic acids is 1. The van der Waals surface area contributed by atoms with Crippen LogP contribution in [0.25, 0.3) is 11.5 Å². The van der Waals surface area contributed by atoms with Gasteiger partial charge in [-0.25, -0.2) is 0 Å². The fourth-order valence-electron chi connectivity index (χ4n) is 3.29. The number of nitrogens with zero attached hydrogens (tertiary/aromatic N) is 1. The van der Waals surface area contributed by atoms with Crippen LogP contribution < -0.4 is 10.9 Å². The fraction of sp³-hybridized carbons (Fsp3) is 0.273. The first-order valence-electron chi connectivity index (χ1n) is 9.67. The highest BCUT2D eigenvalue weighted by Crippen LogP contribution is 2.17. The molecule has 0 aliphatic carbocycles. The van der Waals surface area contributed by atoms with Gasteiger partial charge in [-0.2, -0.15) is 11.8 Å². The number of rotatable bonds is 6. The Bertz CT molecular complexity index is 1010. The Morgan fingerprint density at radius 3 is 2.59 bits per heavy atom. The Morgan fingerprint density at radius 1 is 1.10 bits per heavy atom. The number of nitrogens with one attached hydrogen (secondary N) is 2. The van der Waals surface area contributed by atoms with Gasteiger partial charge in [-0.05, 0) is 48.4 Å². The first kappa shape index (κ1) is 19.5. The quantitative estimate of drug-likeness (QED) is 0.652. The first-order chi connectivity index (χ1) is 14.2. The maximum Gasteiger partial charge on any atom is 0.261 e. The molecule has 29 heavy (non-hydrogen) atoms. The van der Waals surface area contributed by atoms with E-state index in [1.54, 1.807) is 18.2 Å². The van der Waals surface area contributed by atoms with Gasteiger partial charge in [-0.15, -0.1) is 0 Å². The highest BCUT2D eigenvalue weighted by Gasteiger charge is 2.13. The van der Waals surface area contributed by atoms with E-state index in [2.05, 4.69) is 15.2 Å². The molecule has 3 aromatic rings. The number of aromatic nitrogens is 1. The number of amides is 1. The van der Waals surface area contributed by atoms with Crippen LogP contribution in [0.3, 0.4) is 0 Å². The number of furan rings is 1. The molecule has 150 valence electrons. The molecule has 0 spiro atoms. The summed E-state index contributed by atoms with van der Waals surface area (Å²) < 4.78 is 5.27. The number of H-pyrrole nitrogens is 1. The summed E-state index contributed by atoms with van der Waals surface area (Å²) >= 11 is 2.02. The van der Waals surface area contributed by atoms with E-state index in [-0.39, 0.29) is 5.56 Å². The summed E-state index contributed by atoms with van der Waals surface area (Å²) in [5, 5.41) is 2.79. The van der Waals surface area contributed by atoms with Crippen LogP contribution >= 0.6 is 11.8 Å². The summed E-state index contributed by atoms with van der Waals surface area (Å²) in [6.07, 6.45) is 2.52. The van der Waals surface area contributed by atoms with E-state index in [0.717, 1.165) is 26.1 Å². The molecule has 4 rings (SSSR count). The minimum Gasteiger partial charge on any atom is -0.463 e. The van der Waals surface area contributed by atoms with Gasteiger partial charge in [0.05, 0.1) is 12.0 Å². The zero-order valence-electron chi connectivity index (χ0n) is 16.0. The largest absolute Gasteiger partial charge is 0.463 e. The topological polar surface area (TPSA) is 78.3 Å². The van der Waals surface area contributed by atoms with Crippen molar-refractivity contribution in [2.75, 3.05) is 36.5 Å². The van der Waals surface area contributed by atoms with Crippen molar-refractivity contribution in [3.63, 3.8) is 0 Å². The molecule has 1 aliphatic heterocycles. The van der Waals surface area contributed by atoms with Crippen molar-refractivity contribution in [1.82, 2.24) is 9.88 Å². The SMILES string of the molecule is O=C(Nc1ccc(CCN2CCSCC2)cc1)c1ccc(-c2ccco2)[nH]c1=O. The Kier molecular flexibility index (Phi) is 6.17. The summed E-state index contributed by atoms with van der Waals surface area (Å²) in [6, 6.07) is 14.5. The van der Waals surface area contributed by atoms with Crippen LogP contribution in [0.15, 0.2) is 64.0 Å². The maximum absolute atomic E-state index is 12.5. The number of aromatic amines is 1. The van der Waals surface area contributed by atoms with E-state index >= 15 is 0 Å². The maximum atomic E-state index is 12.5. The molecule has 2 aromatic heterocycles. The second kappa shape index (κ2) is 9.15. The van der Waals surface area contributed by atoms with Gasteiger partial charge in [-0.1, -0.05) is 12.1 Å². The average Bonchev–Trinajstić information content (AvgIpc) is 3.29. The van der Waals surface area contributed by atoms with Crippen LogP contribution in [0.1, 0.15) is 15.9 Å². The monoisotopic (exact) mass is 409 g/mol. The number of carbonyl (C=O) groups is 1. The van der Waals surface area contributed by atoms with Gasteiger partial charge in [0.15, 0.2) is 0 Å². The van der Waals surface area contributed by atoms with Crippen LogP contribution in [-0.4, -0.2) is 46.9 Å². The Balaban J connectivity index is 1.36. The van der Waals surface area contributed by atoms with Gasteiger partial charge < -0.3 is 19.6 Å². The third kappa shape index (κ3) is 4.99. The molecule has 1 aromatic carbocycles. The van der Waals surface area contributed by atoms with E-state index in [4.69, 9.17) is 4.42 Å². The van der Waals surface area contributed by atoms with Crippen molar-refractivity contribution < 1.29 is 9.21 Å². The van der Waals surface area contributed by atoms with Gasteiger partial charge >= 0.3 is 0 Å². The van der Waals surface area contributed by atoms with E-state index in [1.807, 2.05) is 36.0 Å². The molecule has 2 N–H and O–H groups in total. The average molecular weight is 410 g/mol. The first-order valence-corrected chi connectivity index (χ1v) is 10.8. The van der Waals surface area contributed by atoms with E-state index in [1.165, 1.54) is 29.4 Å². The molecule has 3 heterocycles. The molecule has 1 saturated heterocycles. The number of hydrogen-bond acceptors (Lipinski definition) is 5. The number of anilines is 1. The van der Waals surface area contributed by atoms with Crippen molar-refractivity contribution in [2.45, 2.75) is 6.42 Å². The lowest BCUT2D eigenvalue weighted by Gasteiger charge is -2.26. The smallest absolute Gasteiger partial charge is 0.261 e. The number of thioether (sulfide) groups is 1. The number of pyridine rings is 1. The van der Waals surface area contributed by atoms with Crippen molar-refractivity contribution in [1.29, 1.82) is 0 Å². The van der Waals surface area contributed by atoms with Gasteiger partial charge in [-0.3, -0.25) is 9.59 Å². The minimum absolute atomic E-state index is 0.0624. The lowest BCUT2D eigenvalue weighted by molar-refractivity contribution is 0.102. The van der Waals surface area contributed by atoms with E-state index in [9.17, 15) is 9.59 Å². The zero-order valence-corrected chi connectivity index (χ0v) is 16.8. The zero-order chi connectivity index (χ0) is 20.1. The van der Waals surface area contributed by atoms with Gasteiger partial charge in [0.2, 0.25) is 0 Å². The third-order valence-corrected chi connectivity index (χ3v) is 5.92. The molecule has 1 amide bonds. The summed E-state index contributed by atoms with van der Waals surface area (Å²) in [5.41, 5.74) is 2.05. The standard InChI is InChI=1S/C22H23N3O3S/c26-21(18-7-8-19(24-22(18)27)20-2-1-13-28-20)23-17-5-3-16(4-6-17)9-10-25-11-14-29-15-12-25/h1-8,13H,9-12,14-15H2,(H,23,26)(H,24,27). The minimum atomic E-state index is -0.451. The van der Waals surface area contributed by atoms with Crippen LogP contribution in [0.4, 0.5) is 5.69 Å². The molecule has 0 radical (unpaired) electrons. The van der Waals surface area contributed by atoms with Crippen LogP contribution in [0.2, 0.25) is 0 Å². The highest BCUT2D eigenvalue weighted by molar-refractivity contribution is 7.99. The molecular weight excluding hydrogens is 386 g/mol. The number of benzene rings is 1. The van der Waals surface area contributed by atoms with Crippen molar-refractivity contribution in [3.05, 3.63) is 76.3 Å². The van der Waals surface area contributed by atoms with Crippen LogP contribution in [-0.2, 0) is 6.42 Å². The molecule has 7 heteroatoms. The summed E-state index contributed by atoms with van der Waals surface area (Å²) in [6.45, 7) is 3.38. The molecule has 0 unspecified atom stereocenters. The molecule has 1 fully saturated rings. The van der Waals surface area contributed by atoms with Gasteiger partial charge in [0, 0.05) is 36.8 Å². The third-order valence-electron chi connectivity index (χ3n) is 4.97. The van der Waals surface area contributed by atoms with Crippen molar-refractivity contribution in [2.24, 2.45) is 0 Å². The Labute approximate surface area is 173 Å². The lowest BCUT2D eigenvalue weighted by atomic mass is 10.1. The Morgan fingerprint density at radius 2 is 1.90 bits per heavy atom. The predicted octanol–water partition coefficient (Wildman–Crippen LogP) is 3.48. The molecule has 0 saturated carbocycles. The number of hydrogen-bond donors (Lipinski definition) is 2. The van der Waals surface area contributed by atoms with Gasteiger partial charge in [0.1, 0.15) is 11.3 Å². The lowest BCUT2D eigenvalue weighted by Crippen LogP contribution is -2.34. The van der Waals surface area contributed by atoms with E-state index < -0.39 is 11.5 Å². The van der Waals surface area contributed by atoms with Gasteiger partial charge in [0.25, 0.3) is 11.5 Å². The second-order valence-corrected chi connectivity index (χ2v) is 8.17.